The average molecular weight is 248 g/mol. The van der Waals surface area contributed by atoms with Crippen LogP contribution in [0.3, 0.4) is 0 Å². The molecule has 0 atom stereocenters. The number of hydrogen-bond acceptors (Lipinski definition) is 2. The van der Waals surface area contributed by atoms with E-state index in [4.69, 9.17) is 4.74 Å². The minimum Gasteiger partial charge on any atom is -0.465 e. The van der Waals surface area contributed by atoms with Crippen molar-refractivity contribution >= 4 is 5.97 Å². The predicted octanol–water partition coefficient (Wildman–Crippen LogP) is 3.70. The van der Waals surface area contributed by atoms with Gasteiger partial charge >= 0.3 is 5.97 Å². The van der Waals surface area contributed by atoms with Crippen LogP contribution >= 0.6 is 0 Å². The highest BCUT2D eigenvalue weighted by Crippen LogP contribution is 2.07. The highest BCUT2D eigenvalue weighted by Gasteiger charge is 2.01. The highest BCUT2D eigenvalue weighted by molar-refractivity contribution is 5.69. The van der Waals surface area contributed by atoms with E-state index in [1.165, 1.54) is 19.3 Å². The summed E-state index contributed by atoms with van der Waals surface area (Å²) >= 11 is 0. The van der Waals surface area contributed by atoms with Gasteiger partial charge in [0.15, 0.2) is 0 Å². The summed E-state index contributed by atoms with van der Waals surface area (Å²) in [7, 11) is 0. The van der Waals surface area contributed by atoms with Crippen molar-refractivity contribution in [1.82, 2.24) is 0 Å². The smallest absolute Gasteiger partial charge is 0.305 e. The Balaban J connectivity index is 3.23. The Kier molecular flexibility index (Phi) is 12.6. The topological polar surface area (TPSA) is 26.3 Å². The van der Waals surface area contributed by atoms with Crippen molar-refractivity contribution in [3.05, 3.63) is 0 Å². The van der Waals surface area contributed by atoms with E-state index < -0.39 is 0 Å². The van der Waals surface area contributed by atoms with Gasteiger partial charge in [0, 0.05) is 19.3 Å². The molecule has 0 N–H and O–H groups in total. The molecule has 0 spiro atoms. The van der Waals surface area contributed by atoms with Crippen molar-refractivity contribution in [2.75, 3.05) is 6.61 Å². The lowest BCUT2D eigenvalue weighted by Gasteiger charge is -2.02. The molecular weight excluding hydrogens is 224 g/mol. The van der Waals surface area contributed by atoms with Crippen molar-refractivity contribution < 1.29 is 9.53 Å². The number of esters is 1. The van der Waals surface area contributed by atoms with Gasteiger partial charge in [0.05, 0.1) is 0 Å². The summed E-state index contributed by atoms with van der Waals surface area (Å²) < 4.78 is 5.04. The van der Waals surface area contributed by atoms with E-state index in [2.05, 4.69) is 23.7 Å². The number of carbonyl (C=O) groups excluding carboxylic acids is 1. The highest BCUT2D eigenvalue weighted by atomic mass is 16.5. The summed E-state index contributed by atoms with van der Waals surface area (Å²) in [6.07, 6.45) is 7.75. The van der Waals surface area contributed by atoms with Crippen LogP contribution < -0.4 is 0 Å². The van der Waals surface area contributed by atoms with Gasteiger partial charge in [-0.15, -0.1) is 23.7 Å². The molecule has 0 radical (unpaired) electrons. The maximum atomic E-state index is 11.3. The van der Waals surface area contributed by atoms with Crippen LogP contribution in [0.4, 0.5) is 0 Å². The summed E-state index contributed by atoms with van der Waals surface area (Å²) in [6.45, 7) is 4.08. The van der Waals surface area contributed by atoms with Crippen molar-refractivity contribution in [2.45, 2.75) is 65.2 Å². The zero-order chi connectivity index (χ0) is 13.5. The van der Waals surface area contributed by atoms with Gasteiger partial charge < -0.3 is 4.74 Å². The van der Waals surface area contributed by atoms with Crippen LogP contribution in [-0.2, 0) is 9.53 Å². The largest absolute Gasteiger partial charge is 0.465 e. The van der Waals surface area contributed by atoms with Gasteiger partial charge in [0.25, 0.3) is 0 Å². The molecule has 0 aromatic carbocycles. The van der Waals surface area contributed by atoms with Crippen molar-refractivity contribution in [1.29, 1.82) is 0 Å². The van der Waals surface area contributed by atoms with Crippen LogP contribution in [0.25, 0.3) is 0 Å². The molecule has 0 aliphatic rings. The second kappa shape index (κ2) is 13.7. The van der Waals surface area contributed by atoms with E-state index in [1.807, 2.05) is 6.92 Å². The fraction of sp³-hybridized carbons (Fsp3) is 0.688. The molecule has 0 unspecified atom stereocenters. The zero-order valence-corrected chi connectivity index (χ0v) is 11.7. The molecule has 18 heavy (non-hydrogen) atoms. The second-order valence-corrected chi connectivity index (χ2v) is 4.09. The Hall–Kier alpha value is -1.41. The normalized spacial score (nSPS) is 8.78. The van der Waals surface area contributed by atoms with E-state index >= 15 is 0 Å². The van der Waals surface area contributed by atoms with Crippen LogP contribution in [0, 0.1) is 23.7 Å². The molecule has 2 nitrogen and oxygen atoms in total. The van der Waals surface area contributed by atoms with E-state index in [-0.39, 0.29) is 5.97 Å². The van der Waals surface area contributed by atoms with Crippen LogP contribution in [0.5, 0.6) is 0 Å². The van der Waals surface area contributed by atoms with Crippen LogP contribution in [0.15, 0.2) is 0 Å². The monoisotopic (exact) mass is 248 g/mol. The molecule has 0 aliphatic carbocycles. The molecule has 0 saturated heterocycles. The average Bonchev–Trinajstić information content (AvgIpc) is 2.38. The standard InChI is InChI=1S/C16H24O2/c1-3-5-7-8-9-10-11-12-14-16(17)18-15-13-6-4-2/h7-15H2,1-2H3. The van der Waals surface area contributed by atoms with Gasteiger partial charge in [-0.3, -0.25) is 4.79 Å². The second-order valence-electron chi connectivity index (χ2n) is 4.09. The van der Waals surface area contributed by atoms with Gasteiger partial charge in [0.1, 0.15) is 6.61 Å². The number of carbonyl (C=O) groups is 1. The molecule has 0 rings (SSSR count). The van der Waals surface area contributed by atoms with E-state index in [1.54, 1.807) is 6.92 Å². The lowest BCUT2D eigenvalue weighted by molar-refractivity contribution is -0.143. The lowest BCUT2D eigenvalue weighted by Crippen LogP contribution is -2.05. The summed E-state index contributed by atoms with van der Waals surface area (Å²) in [5, 5.41) is 0. The predicted molar refractivity (Wildman–Crippen MR) is 74.8 cm³/mol. The zero-order valence-electron chi connectivity index (χ0n) is 11.7. The fourth-order valence-electron chi connectivity index (χ4n) is 1.55. The maximum Gasteiger partial charge on any atom is 0.305 e. The van der Waals surface area contributed by atoms with Gasteiger partial charge in [-0.05, 0) is 26.7 Å². The molecule has 0 aromatic heterocycles. The molecular formula is C16H24O2. The Bertz CT molecular complexity index is 322. The molecule has 2 heteroatoms. The van der Waals surface area contributed by atoms with Crippen molar-refractivity contribution in [2.24, 2.45) is 0 Å². The number of ether oxygens (including phenoxy) is 1. The van der Waals surface area contributed by atoms with Gasteiger partial charge in [-0.1, -0.05) is 19.3 Å². The summed E-state index contributed by atoms with van der Waals surface area (Å²) in [6, 6.07) is 0. The van der Waals surface area contributed by atoms with Crippen molar-refractivity contribution in [3.8, 4) is 23.7 Å². The first-order valence-electron chi connectivity index (χ1n) is 6.76. The SMILES string of the molecule is CC#CCCCCCCCC(=O)OCCC#CC. The molecule has 0 amide bonds. The fourth-order valence-corrected chi connectivity index (χ4v) is 1.55. The maximum absolute atomic E-state index is 11.3. The van der Waals surface area contributed by atoms with E-state index in [9.17, 15) is 4.79 Å². The Morgan fingerprint density at radius 1 is 0.889 bits per heavy atom. The molecule has 0 bridgehead atoms. The molecule has 0 heterocycles. The quantitative estimate of drug-likeness (QED) is 0.353. The summed E-state index contributed by atoms with van der Waals surface area (Å²) in [4.78, 5) is 11.3. The van der Waals surface area contributed by atoms with Gasteiger partial charge in [-0.25, -0.2) is 0 Å². The Morgan fingerprint density at radius 3 is 2.22 bits per heavy atom. The molecule has 100 valence electrons. The summed E-state index contributed by atoms with van der Waals surface area (Å²) in [5.41, 5.74) is 0. The molecule has 0 aromatic rings. The minimum absolute atomic E-state index is 0.0928. The van der Waals surface area contributed by atoms with E-state index in [0.29, 0.717) is 19.4 Å². The van der Waals surface area contributed by atoms with Crippen LogP contribution in [0.2, 0.25) is 0 Å². The lowest BCUT2D eigenvalue weighted by atomic mass is 10.1. The third kappa shape index (κ3) is 12.7. The number of rotatable bonds is 9. The molecule has 0 fully saturated rings. The van der Waals surface area contributed by atoms with Crippen LogP contribution in [0.1, 0.15) is 65.2 Å². The first kappa shape index (κ1) is 16.6. The Morgan fingerprint density at radius 2 is 1.50 bits per heavy atom. The minimum atomic E-state index is -0.0928. The molecule has 0 aliphatic heterocycles. The van der Waals surface area contributed by atoms with Gasteiger partial charge in [-0.2, -0.15) is 0 Å². The Labute approximate surface area is 111 Å². The number of hydrogen-bond donors (Lipinski definition) is 0. The first-order valence-corrected chi connectivity index (χ1v) is 6.76. The summed E-state index contributed by atoms with van der Waals surface area (Å²) in [5.74, 6) is 11.5. The van der Waals surface area contributed by atoms with Gasteiger partial charge in [0.2, 0.25) is 0 Å². The van der Waals surface area contributed by atoms with E-state index in [0.717, 1.165) is 19.3 Å². The third-order valence-electron chi connectivity index (χ3n) is 2.53. The first-order chi connectivity index (χ1) is 8.81. The number of unbranched alkanes of at least 4 members (excludes halogenated alkanes) is 5. The van der Waals surface area contributed by atoms with Crippen molar-refractivity contribution in [3.63, 3.8) is 0 Å². The third-order valence-corrected chi connectivity index (χ3v) is 2.53. The van der Waals surface area contributed by atoms with Crippen LogP contribution in [-0.4, -0.2) is 12.6 Å². The molecule has 0 saturated carbocycles.